The lowest BCUT2D eigenvalue weighted by Gasteiger charge is -2.49. The zero-order valence-electron chi connectivity index (χ0n) is 8.24. The lowest BCUT2D eigenvalue weighted by atomic mass is 9.57. The molecule has 0 aliphatic heterocycles. The first-order valence-electron chi connectivity index (χ1n) is 5.58. The summed E-state index contributed by atoms with van der Waals surface area (Å²) in [6, 6.07) is 0. The number of aliphatic hydroxyl groups is 1. The molecule has 0 radical (unpaired) electrons. The molecule has 0 aromatic rings. The summed E-state index contributed by atoms with van der Waals surface area (Å²) < 4.78 is 0. The van der Waals surface area contributed by atoms with Crippen molar-refractivity contribution in [1.82, 2.24) is 0 Å². The first kappa shape index (κ1) is 8.05. The minimum atomic E-state index is -0.00694. The molecule has 13 heavy (non-hydrogen) atoms. The summed E-state index contributed by atoms with van der Waals surface area (Å²) in [7, 11) is 0. The van der Waals surface area contributed by atoms with Crippen molar-refractivity contribution in [2.75, 3.05) is 0 Å². The minimum Gasteiger partial charge on any atom is -0.392 e. The van der Waals surface area contributed by atoms with Crippen LogP contribution < -0.4 is 0 Å². The van der Waals surface area contributed by atoms with Crippen LogP contribution in [0.25, 0.3) is 0 Å². The van der Waals surface area contributed by atoms with E-state index in [1.165, 1.54) is 25.7 Å². The van der Waals surface area contributed by atoms with Gasteiger partial charge >= 0.3 is 0 Å². The maximum Gasteiger partial charge on any atom is 0.0610 e. The lowest BCUT2D eigenvalue weighted by Crippen LogP contribution is -2.48. The molecule has 3 aliphatic carbocycles. The van der Waals surface area contributed by atoms with Gasteiger partial charge in [0.2, 0.25) is 0 Å². The van der Waals surface area contributed by atoms with Gasteiger partial charge in [-0.2, -0.15) is 0 Å². The molecular weight excluding hydrogens is 160 g/mol. The summed E-state index contributed by atoms with van der Waals surface area (Å²) in [4.78, 5) is 0. The van der Waals surface area contributed by atoms with Gasteiger partial charge in [0, 0.05) is 0 Å². The summed E-state index contributed by atoms with van der Waals surface area (Å²) in [5.74, 6) is 1.84. The fourth-order valence-electron chi connectivity index (χ4n) is 3.96. The Hall–Kier alpha value is -0.300. The quantitative estimate of drug-likeness (QED) is 0.565. The molecule has 1 N–H and O–H groups in total. The Kier molecular flexibility index (Phi) is 1.48. The Morgan fingerprint density at radius 3 is 3.08 bits per heavy atom. The molecule has 0 heterocycles. The molecule has 0 aromatic heterocycles. The van der Waals surface area contributed by atoms with Gasteiger partial charge in [-0.25, -0.2) is 0 Å². The fourth-order valence-corrected chi connectivity index (χ4v) is 3.96. The Morgan fingerprint density at radius 2 is 2.23 bits per heavy atom. The van der Waals surface area contributed by atoms with E-state index < -0.39 is 0 Å². The number of hydrogen-bond acceptors (Lipinski definition) is 1. The Morgan fingerprint density at radius 1 is 1.38 bits per heavy atom. The summed E-state index contributed by atoms with van der Waals surface area (Å²) in [6.07, 6.45) is 9.89. The molecule has 3 rings (SSSR count). The monoisotopic (exact) mass is 178 g/mol. The van der Waals surface area contributed by atoms with Crippen molar-refractivity contribution in [1.29, 1.82) is 0 Å². The van der Waals surface area contributed by atoms with Gasteiger partial charge in [0.25, 0.3) is 0 Å². The van der Waals surface area contributed by atoms with E-state index in [0.717, 1.165) is 0 Å². The van der Waals surface area contributed by atoms with Crippen LogP contribution in [0.1, 0.15) is 32.6 Å². The number of hydrogen-bond donors (Lipinski definition) is 1. The van der Waals surface area contributed by atoms with Gasteiger partial charge in [-0.05, 0) is 42.4 Å². The van der Waals surface area contributed by atoms with Gasteiger partial charge in [0.05, 0.1) is 6.10 Å². The predicted octanol–water partition coefficient (Wildman–Crippen LogP) is 2.36. The van der Waals surface area contributed by atoms with Crippen LogP contribution in [0.5, 0.6) is 0 Å². The minimum absolute atomic E-state index is 0.00694. The van der Waals surface area contributed by atoms with Crippen LogP contribution in [0.4, 0.5) is 0 Å². The van der Waals surface area contributed by atoms with E-state index in [0.29, 0.717) is 23.2 Å². The average Bonchev–Trinajstić information content (AvgIpc) is 2.45. The van der Waals surface area contributed by atoms with Crippen molar-refractivity contribution >= 4 is 0 Å². The molecule has 3 aliphatic rings. The van der Waals surface area contributed by atoms with Gasteiger partial charge < -0.3 is 5.11 Å². The Labute approximate surface area is 79.8 Å². The maximum absolute atomic E-state index is 10.2. The van der Waals surface area contributed by atoms with Gasteiger partial charge in [-0.15, -0.1) is 0 Å². The molecule has 1 heteroatoms. The van der Waals surface area contributed by atoms with Crippen LogP contribution in [0.15, 0.2) is 12.2 Å². The number of allylic oxidation sites excluding steroid dienone is 2. The van der Waals surface area contributed by atoms with E-state index in [1.807, 2.05) is 0 Å². The van der Waals surface area contributed by atoms with Gasteiger partial charge in [-0.3, -0.25) is 0 Å². The summed E-state index contributed by atoms with van der Waals surface area (Å²) in [6.45, 7) is 2.33. The second-order valence-corrected chi connectivity index (χ2v) is 5.42. The van der Waals surface area contributed by atoms with Gasteiger partial charge in [0.15, 0.2) is 0 Å². The van der Waals surface area contributed by atoms with Crippen LogP contribution in [0, 0.1) is 23.2 Å². The van der Waals surface area contributed by atoms with Crippen molar-refractivity contribution in [3.8, 4) is 0 Å². The van der Waals surface area contributed by atoms with Crippen molar-refractivity contribution < 1.29 is 5.11 Å². The molecule has 5 unspecified atom stereocenters. The largest absolute Gasteiger partial charge is 0.392 e. The summed E-state index contributed by atoms with van der Waals surface area (Å²) >= 11 is 0. The third-order valence-electron chi connectivity index (χ3n) is 4.70. The molecule has 4 bridgehead atoms. The SMILES string of the molecule is CC12C=CC(C1)C1CCCC2C1O. The van der Waals surface area contributed by atoms with Crippen LogP contribution >= 0.6 is 0 Å². The highest BCUT2D eigenvalue weighted by atomic mass is 16.3. The molecular formula is C12H18O. The summed E-state index contributed by atoms with van der Waals surface area (Å²) in [5, 5.41) is 10.2. The Bertz CT molecular complexity index is 258. The third-order valence-corrected chi connectivity index (χ3v) is 4.70. The second kappa shape index (κ2) is 2.38. The highest BCUT2D eigenvalue weighted by Crippen LogP contribution is 2.57. The first-order chi connectivity index (χ1) is 6.21. The van der Waals surface area contributed by atoms with Crippen molar-refractivity contribution in [3.63, 3.8) is 0 Å². The van der Waals surface area contributed by atoms with Crippen molar-refractivity contribution in [2.45, 2.75) is 38.7 Å². The molecule has 72 valence electrons. The molecule has 5 atom stereocenters. The molecule has 2 fully saturated rings. The number of aliphatic hydroxyl groups excluding tert-OH is 1. The standard InChI is InChI=1S/C12H18O/c1-12-6-5-8(7-12)9-3-2-4-10(12)11(9)13/h5-6,8-11,13H,2-4,7H2,1H3. The molecule has 1 nitrogen and oxygen atoms in total. The zero-order valence-corrected chi connectivity index (χ0v) is 8.24. The second-order valence-electron chi connectivity index (χ2n) is 5.42. The highest BCUT2D eigenvalue weighted by Gasteiger charge is 2.52. The summed E-state index contributed by atoms with van der Waals surface area (Å²) in [5.41, 5.74) is 0.334. The molecule has 2 saturated carbocycles. The van der Waals surface area contributed by atoms with Crippen molar-refractivity contribution in [2.24, 2.45) is 23.2 Å². The normalized spacial score (nSPS) is 58.3. The van der Waals surface area contributed by atoms with E-state index in [2.05, 4.69) is 19.1 Å². The predicted molar refractivity (Wildman–Crippen MR) is 52.2 cm³/mol. The highest BCUT2D eigenvalue weighted by molar-refractivity contribution is 5.19. The zero-order chi connectivity index (χ0) is 9.05. The van der Waals surface area contributed by atoms with Gasteiger partial charge in [-0.1, -0.05) is 25.5 Å². The van der Waals surface area contributed by atoms with Gasteiger partial charge in [0.1, 0.15) is 0 Å². The topological polar surface area (TPSA) is 20.2 Å². The lowest BCUT2D eigenvalue weighted by molar-refractivity contribution is -0.0759. The van der Waals surface area contributed by atoms with E-state index >= 15 is 0 Å². The smallest absolute Gasteiger partial charge is 0.0610 e. The fraction of sp³-hybridized carbons (Fsp3) is 0.833. The maximum atomic E-state index is 10.2. The van der Waals surface area contributed by atoms with Crippen LogP contribution in [-0.4, -0.2) is 11.2 Å². The third kappa shape index (κ3) is 0.914. The number of fused-ring (bicyclic) bond motifs is 6. The van der Waals surface area contributed by atoms with E-state index in [9.17, 15) is 5.11 Å². The van der Waals surface area contributed by atoms with E-state index in [4.69, 9.17) is 0 Å². The van der Waals surface area contributed by atoms with Crippen molar-refractivity contribution in [3.05, 3.63) is 12.2 Å². The first-order valence-corrected chi connectivity index (χ1v) is 5.58. The molecule has 0 aromatic carbocycles. The molecule has 0 spiro atoms. The Balaban J connectivity index is 2.02. The van der Waals surface area contributed by atoms with E-state index in [1.54, 1.807) is 0 Å². The van der Waals surface area contributed by atoms with Crippen LogP contribution in [0.2, 0.25) is 0 Å². The van der Waals surface area contributed by atoms with Crippen LogP contribution in [0.3, 0.4) is 0 Å². The molecule has 0 saturated heterocycles. The molecule has 0 amide bonds. The number of rotatable bonds is 0. The van der Waals surface area contributed by atoms with E-state index in [-0.39, 0.29) is 6.10 Å². The van der Waals surface area contributed by atoms with Crippen LogP contribution in [-0.2, 0) is 0 Å². The average molecular weight is 178 g/mol.